The smallest absolute Gasteiger partial charge is 0.194 e. The monoisotopic (exact) mass is 331 g/mol. The van der Waals surface area contributed by atoms with Gasteiger partial charge in [-0.3, -0.25) is 0 Å². The van der Waals surface area contributed by atoms with Crippen molar-refractivity contribution in [1.29, 1.82) is 0 Å². The lowest BCUT2D eigenvalue weighted by atomic mass is 10.2. The van der Waals surface area contributed by atoms with Crippen LogP contribution in [0.15, 0.2) is 41.9 Å². The largest absolute Gasteiger partial charge is 0.391 e. The molecule has 2 N–H and O–H groups in total. The Bertz CT molecular complexity index is 701. The second kappa shape index (κ2) is 7.44. The summed E-state index contributed by atoms with van der Waals surface area (Å²) in [6, 6.07) is 5.10. The second-order valence-corrected chi connectivity index (χ2v) is 5.81. The molecule has 0 spiro atoms. The van der Waals surface area contributed by atoms with E-state index in [1.165, 1.54) is 6.07 Å². The van der Waals surface area contributed by atoms with Gasteiger partial charge < -0.3 is 19.9 Å². The van der Waals surface area contributed by atoms with Gasteiger partial charge in [-0.1, -0.05) is 6.07 Å². The van der Waals surface area contributed by atoms with Crippen molar-refractivity contribution in [1.82, 2.24) is 19.8 Å². The predicted octanol–water partition coefficient (Wildman–Crippen LogP) is 1.54. The van der Waals surface area contributed by atoms with Crippen molar-refractivity contribution in [3.05, 3.63) is 48.3 Å². The van der Waals surface area contributed by atoms with Gasteiger partial charge in [0.15, 0.2) is 5.96 Å². The third kappa shape index (κ3) is 3.73. The molecule has 0 bridgehead atoms. The lowest BCUT2D eigenvalue weighted by molar-refractivity contribution is 0.188. The topological polar surface area (TPSA) is 65.7 Å². The van der Waals surface area contributed by atoms with Crippen LogP contribution in [-0.4, -0.2) is 51.3 Å². The number of nitrogens with one attached hydrogen (secondary N) is 1. The summed E-state index contributed by atoms with van der Waals surface area (Å²) in [4.78, 5) is 10.5. The van der Waals surface area contributed by atoms with E-state index >= 15 is 0 Å². The van der Waals surface area contributed by atoms with Gasteiger partial charge in [0.1, 0.15) is 5.82 Å². The van der Waals surface area contributed by atoms with Crippen molar-refractivity contribution in [3.8, 4) is 5.69 Å². The average Bonchev–Trinajstić information content (AvgIpc) is 3.23. The standard InChI is InChI=1S/C17H22FN5O/c1-2-20-17(22-7-5-14(24)11-22)21-10-13-3-4-16(15(18)9-13)23-8-6-19-12-23/h3-4,6,8-9,12,14,24H,2,5,7,10-11H2,1H3,(H,20,21)/t14-/m1/s1. The summed E-state index contributed by atoms with van der Waals surface area (Å²) in [7, 11) is 0. The molecule has 0 radical (unpaired) electrons. The molecule has 1 saturated heterocycles. The first-order chi connectivity index (χ1) is 11.7. The Kier molecular flexibility index (Phi) is 5.10. The van der Waals surface area contributed by atoms with E-state index in [2.05, 4.69) is 15.3 Å². The Labute approximate surface area is 140 Å². The van der Waals surface area contributed by atoms with E-state index in [1.54, 1.807) is 29.4 Å². The van der Waals surface area contributed by atoms with Crippen molar-refractivity contribution >= 4 is 5.96 Å². The van der Waals surface area contributed by atoms with Crippen LogP contribution in [0.25, 0.3) is 5.69 Å². The van der Waals surface area contributed by atoms with Gasteiger partial charge in [-0.05, 0) is 31.0 Å². The molecule has 1 aromatic heterocycles. The Morgan fingerprint density at radius 2 is 2.38 bits per heavy atom. The van der Waals surface area contributed by atoms with Crippen molar-refractivity contribution in [2.24, 2.45) is 4.99 Å². The summed E-state index contributed by atoms with van der Waals surface area (Å²) in [6.45, 7) is 4.50. The average molecular weight is 331 g/mol. The zero-order valence-corrected chi connectivity index (χ0v) is 13.7. The highest BCUT2D eigenvalue weighted by atomic mass is 19.1. The molecule has 0 unspecified atom stereocenters. The fraction of sp³-hybridized carbons (Fsp3) is 0.412. The highest BCUT2D eigenvalue weighted by molar-refractivity contribution is 5.80. The lowest BCUT2D eigenvalue weighted by Gasteiger charge is -2.21. The summed E-state index contributed by atoms with van der Waals surface area (Å²) in [5.74, 6) is 0.454. The number of aliphatic imine (C=N–C) groups is 1. The van der Waals surface area contributed by atoms with Gasteiger partial charge in [-0.15, -0.1) is 0 Å². The fourth-order valence-electron chi connectivity index (χ4n) is 2.79. The van der Waals surface area contributed by atoms with Gasteiger partial charge in [-0.2, -0.15) is 0 Å². The molecule has 2 aromatic rings. The van der Waals surface area contributed by atoms with E-state index in [9.17, 15) is 9.50 Å². The number of nitrogens with zero attached hydrogens (tertiary/aromatic N) is 4. The normalized spacial score (nSPS) is 18.2. The first-order valence-corrected chi connectivity index (χ1v) is 8.15. The van der Waals surface area contributed by atoms with Crippen LogP contribution in [0.2, 0.25) is 0 Å². The number of benzene rings is 1. The van der Waals surface area contributed by atoms with E-state index in [1.807, 2.05) is 17.9 Å². The SMILES string of the molecule is CCNC(=NCc1ccc(-n2ccnc2)c(F)c1)N1CC[C@@H](O)C1. The zero-order chi connectivity index (χ0) is 16.9. The molecule has 1 aliphatic rings. The highest BCUT2D eigenvalue weighted by Gasteiger charge is 2.22. The van der Waals surface area contributed by atoms with Crippen LogP contribution in [0.5, 0.6) is 0 Å². The Balaban J connectivity index is 1.73. The Hall–Kier alpha value is -2.41. The van der Waals surface area contributed by atoms with Crippen molar-refractivity contribution in [2.75, 3.05) is 19.6 Å². The molecule has 0 amide bonds. The lowest BCUT2D eigenvalue weighted by Crippen LogP contribution is -2.40. The maximum Gasteiger partial charge on any atom is 0.194 e. The first-order valence-electron chi connectivity index (χ1n) is 8.15. The zero-order valence-electron chi connectivity index (χ0n) is 13.7. The van der Waals surface area contributed by atoms with Crippen LogP contribution in [0.3, 0.4) is 0 Å². The quantitative estimate of drug-likeness (QED) is 0.659. The molecule has 1 fully saturated rings. The highest BCUT2D eigenvalue weighted by Crippen LogP contribution is 2.16. The van der Waals surface area contributed by atoms with Gasteiger partial charge in [0.2, 0.25) is 0 Å². The molecule has 2 heterocycles. The Morgan fingerprint density at radius 3 is 3.00 bits per heavy atom. The van der Waals surface area contributed by atoms with E-state index in [0.717, 1.165) is 31.0 Å². The predicted molar refractivity (Wildman–Crippen MR) is 90.5 cm³/mol. The van der Waals surface area contributed by atoms with Crippen LogP contribution in [-0.2, 0) is 6.54 Å². The van der Waals surface area contributed by atoms with Crippen LogP contribution < -0.4 is 5.32 Å². The van der Waals surface area contributed by atoms with E-state index in [-0.39, 0.29) is 11.9 Å². The number of hydrogen-bond acceptors (Lipinski definition) is 3. The van der Waals surface area contributed by atoms with Crippen LogP contribution in [0, 0.1) is 5.82 Å². The third-order valence-electron chi connectivity index (χ3n) is 4.00. The number of imidazole rings is 1. The van der Waals surface area contributed by atoms with Gasteiger partial charge in [0, 0.05) is 32.0 Å². The summed E-state index contributed by atoms with van der Waals surface area (Å²) in [5, 5.41) is 12.9. The molecular weight excluding hydrogens is 309 g/mol. The number of aromatic nitrogens is 2. The van der Waals surface area contributed by atoms with Gasteiger partial charge in [-0.25, -0.2) is 14.4 Å². The number of aliphatic hydroxyl groups is 1. The molecule has 3 rings (SSSR count). The molecule has 6 nitrogen and oxygen atoms in total. The second-order valence-electron chi connectivity index (χ2n) is 5.81. The molecule has 7 heteroatoms. The van der Waals surface area contributed by atoms with E-state index < -0.39 is 0 Å². The van der Waals surface area contributed by atoms with Gasteiger partial charge in [0.25, 0.3) is 0 Å². The summed E-state index contributed by atoms with van der Waals surface area (Å²) in [6.07, 6.45) is 5.33. The molecule has 0 aliphatic carbocycles. The number of halogens is 1. The first kappa shape index (κ1) is 16.4. The number of likely N-dealkylation sites (tertiary alicyclic amines) is 1. The number of rotatable bonds is 4. The van der Waals surface area contributed by atoms with E-state index in [4.69, 9.17) is 0 Å². The van der Waals surface area contributed by atoms with Crippen molar-refractivity contribution in [2.45, 2.75) is 26.0 Å². The van der Waals surface area contributed by atoms with Gasteiger partial charge >= 0.3 is 0 Å². The minimum atomic E-state index is -0.305. The van der Waals surface area contributed by atoms with Crippen LogP contribution in [0.1, 0.15) is 18.9 Å². The Morgan fingerprint density at radius 1 is 1.50 bits per heavy atom. The number of hydrogen-bond donors (Lipinski definition) is 2. The minimum absolute atomic E-state index is 0.303. The summed E-state index contributed by atoms with van der Waals surface area (Å²) >= 11 is 0. The molecule has 0 saturated carbocycles. The number of β-amino-alcohol motifs (C(OH)–C–C–N with tert-alkyl or cyclic N) is 1. The van der Waals surface area contributed by atoms with E-state index in [0.29, 0.717) is 18.8 Å². The number of guanidine groups is 1. The molecule has 1 aliphatic heterocycles. The fourth-order valence-corrected chi connectivity index (χ4v) is 2.79. The molecule has 1 aromatic carbocycles. The van der Waals surface area contributed by atoms with Crippen LogP contribution in [0.4, 0.5) is 4.39 Å². The van der Waals surface area contributed by atoms with Crippen LogP contribution >= 0.6 is 0 Å². The maximum absolute atomic E-state index is 14.3. The maximum atomic E-state index is 14.3. The van der Waals surface area contributed by atoms with Gasteiger partial charge in [0.05, 0.1) is 24.7 Å². The molecular formula is C17H22FN5O. The summed E-state index contributed by atoms with van der Waals surface area (Å²) in [5.41, 5.74) is 1.27. The molecule has 128 valence electrons. The summed E-state index contributed by atoms with van der Waals surface area (Å²) < 4.78 is 15.9. The molecule has 1 atom stereocenters. The third-order valence-corrected chi connectivity index (χ3v) is 4.00. The minimum Gasteiger partial charge on any atom is -0.391 e. The number of aliphatic hydroxyl groups excluding tert-OH is 1. The van der Waals surface area contributed by atoms with Crippen molar-refractivity contribution < 1.29 is 9.50 Å². The van der Waals surface area contributed by atoms with Crippen molar-refractivity contribution in [3.63, 3.8) is 0 Å². The molecule has 24 heavy (non-hydrogen) atoms.